The lowest BCUT2D eigenvalue weighted by Gasteiger charge is -2.30. The van der Waals surface area contributed by atoms with Crippen LogP contribution in [0.4, 0.5) is 0 Å². The van der Waals surface area contributed by atoms with Crippen molar-refractivity contribution in [1.82, 2.24) is 15.5 Å². The number of guanidine groups is 1. The van der Waals surface area contributed by atoms with Gasteiger partial charge in [-0.05, 0) is 38.4 Å². The van der Waals surface area contributed by atoms with Crippen LogP contribution in [0.1, 0.15) is 30.9 Å². The third kappa shape index (κ3) is 8.12. The number of benzene rings is 1. The molecule has 1 aromatic carbocycles. The summed E-state index contributed by atoms with van der Waals surface area (Å²) >= 11 is 0. The predicted octanol–water partition coefficient (Wildman–Crippen LogP) is 2.05. The Morgan fingerprint density at radius 1 is 1.25 bits per heavy atom. The molecular weight excluding hydrogens is 491 g/mol. The van der Waals surface area contributed by atoms with Crippen LogP contribution < -0.4 is 15.4 Å². The Morgan fingerprint density at radius 3 is 2.54 bits per heavy atom. The van der Waals surface area contributed by atoms with Gasteiger partial charge in [0, 0.05) is 32.0 Å². The smallest absolute Gasteiger partial charge is 0.191 e. The molecule has 0 aromatic heterocycles. The standard InChI is InChI=1S/C19H32N4O3S.HI/c1-20-19(21-11-8-14-27(3,24)25)22-15-17(23-12-6-7-13-23)16-9-4-5-10-18(16)26-2;/h4-5,9-10,17H,6-8,11-15H2,1-3H3,(H2,20,21,22);1H. The van der Waals surface area contributed by atoms with Crippen LogP contribution in [0.2, 0.25) is 0 Å². The Labute approximate surface area is 186 Å². The molecule has 9 heteroatoms. The minimum Gasteiger partial charge on any atom is -0.496 e. The van der Waals surface area contributed by atoms with Crippen molar-refractivity contribution in [2.45, 2.75) is 25.3 Å². The molecule has 7 nitrogen and oxygen atoms in total. The van der Waals surface area contributed by atoms with Gasteiger partial charge in [0.05, 0.1) is 18.9 Å². The molecule has 0 saturated carbocycles. The van der Waals surface area contributed by atoms with Crippen LogP contribution in [0.15, 0.2) is 29.3 Å². The van der Waals surface area contributed by atoms with E-state index in [1.165, 1.54) is 24.7 Å². The second-order valence-electron chi connectivity index (χ2n) is 6.86. The summed E-state index contributed by atoms with van der Waals surface area (Å²) in [5.41, 5.74) is 1.17. The van der Waals surface area contributed by atoms with Gasteiger partial charge in [0.25, 0.3) is 0 Å². The summed E-state index contributed by atoms with van der Waals surface area (Å²) < 4.78 is 28.0. The number of hydrogen-bond donors (Lipinski definition) is 2. The van der Waals surface area contributed by atoms with Gasteiger partial charge in [-0.15, -0.1) is 24.0 Å². The average molecular weight is 524 g/mol. The molecule has 1 atom stereocenters. The van der Waals surface area contributed by atoms with Gasteiger partial charge < -0.3 is 15.4 Å². The summed E-state index contributed by atoms with van der Waals surface area (Å²) in [6.45, 7) is 3.41. The molecular formula is C19H33IN4O3S. The number of hydrogen-bond acceptors (Lipinski definition) is 5. The van der Waals surface area contributed by atoms with E-state index in [-0.39, 0.29) is 35.8 Å². The largest absolute Gasteiger partial charge is 0.496 e. The number of rotatable bonds is 9. The molecule has 2 N–H and O–H groups in total. The Bertz CT molecular complexity index is 722. The first kappa shape index (κ1) is 25.0. The fourth-order valence-electron chi connectivity index (χ4n) is 3.39. The lowest BCUT2D eigenvalue weighted by Crippen LogP contribution is -2.43. The predicted molar refractivity (Wildman–Crippen MR) is 126 cm³/mol. The summed E-state index contributed by atoms with van der Waals surface area (Å²) in [5, 5.41) is 6.58. The molecule has 1 aromatic rings. The molecule has 28 heavy (non-hydrogen) atoms. The number of para-hydroxylation sites is 1. The molecule has 0 amide bonds. The molecule has 160 valence electrons. The summed E-state index contributed by atoms with van der Waals surface area (Å²) in [4.78, 5) is 6.73. The second kappa shape index (κ2) is 12.5. The Kier molecular flexibility index (Phi) is 11.1. The fourth-order valence-corrected chi connectivity index (χ4v) is 4.05. The fraction of sp³-hybridized carbons (Fsp3) is 0.632. The van der Waals surface area contributed by atoms with Gasteiger partial charge in [-0.2, -0.15) is 0 Å². The van der Waals surface area contributed by atoms with Gasteiger partial charge in [-0.3, -0.25) is 9.89 Å². The SMILES string of the molecule is CN=C(NCCCS(C)(=O)=O)NCC(c1ccccc1OC)N1CCCC1.I. The lowest BCUT2D eigenvalue weighted by molar-refractivity contribution is 0.239. The summed E-state index contributed by atoms with van der Waals surface area (Å²) in [6, 6.07) is 8.33. The third-order valence-electron chi connectivity index (χ3n) is 4.75. The van der Waals surface area contributed by atoms with Crippen LogP contribution in [0, 0.1) is 0 Å². The molecule has 0 radical (unpaired) electrons. The quantitative estimate of drug-likeness (QED) is 0.223. The number of sulfone groups is 1. The number of ether oxygens (including phenoxy) is 1. The number of halogens is 1. The maximum absolute atomic E-state index is 11.2. The molecule has 0 spiro atoms. The zero-order chi connectivity index (χ0) is 19.7. The van der Waals surface area contributed by atoms with Crippen LogP contribution in [-0.2, 0) is 9.84 Å². The monoisotopic (exact) mass is 524 g/mol. The third-order valence-corrected chi connectivity index (χ3v) is 5.78. The van der Waals surface area contributed by atoms with E-state index in [2.05, 4.69) is 26.6 Å². The van der Waals surface area contributed by atoms with E-state index in [1.54, 1.807) is 14.2 Å². The second-order valence-corrected chi connectivity index (χ2v) is 9.12. The van der Waals surface area contributed by atoms with E-state index >= 15 is 0 Å². The van der Waals surface area contributed by atoms with Gasteiger partial charge in [-0.1, -0.05) is 18.2 Å². The van der Waals surface area contributed by atoms with Gasteiger partial charge in [0.2, 0.25) is 0 Å². The van der Waals surface area contributed by atoms with Crippen LogP contribution in [0.5, 0.6) is 5.75 Å². The Morgan fingerprint density at radius 2 is 1.93 bits per heavy atom. The average Bonchev–Trinajstić information content (AvgIpc) is 3.17. The van der Waals surface area contributed by atoms with E-state index in [0.717, 1.165) is 18.8 Å². The number of nitrogens with zero attached hydrogens (tertiary/aromatic N) is 2. The molecule has 0 bridgehead atoms. The highest BCUT2D eigenvalue weighted by Gasteiger charge is 2.25. The topological polar surface area (TPSA) is 83.0 Å². The van der Waals surface area contributed by atoms with Crippen molar-refractivity contribution in [3.63, 3.8) is 0 Å². The molecule has 2 rings (SSSR count). The van der Waals surface area contributed by atoms with Crippen molar-refractivity contribution >= 4 is 39.8 Å². The molecule has 0 aliphatic carbocycles. The minimum absolute atomic E-state index is 0. The van der Waals surface area contributed by atoms with Crippen LogP contribution >= 0.6 is 24.0 Å². The van der Waals surface area contributed by atoms with Gasteiger partial charge in [-0.25, -0.2) is 8.42 Å². The summed E-state index contributed by atoms with van der Waals surface area (Å²) in [6.07, 6.45) is 4.24. The first-order valence-electron chi connectivity index (χ1n) is 9.44. The molecule has 1 saturated heterocycles. The molecule has 1 aliphatic rings. The van der Waals surface area contributed by atoms with E-state index in [1.807, 2.05) is 18.2 Å². The van der Waals surface area contributed by atoms with E-state index in [9.17, 15) is 8.42 Å². The molecule has 1 aliphatic heterocycles. The zero-order valence-electron chi connectivity index (χ0n) is 17.0. The number of methoxy groups -OCH3 is 1. The van der Waals surface area contributed by atoms with Gasteiger partial charge in [0.1, 0.15) is 15.6 Å². The first-order chi connectivity index (χ1) is 12.9. The minimum atomic E-state index is -2.93. The van der Waals surface area contributed by atoms with Gasteiger partial charge >= 0.3 is 0 Å². The van der Waals surface area contributed by atoms with Crippen molar-refractivity contribution in [1.29, 1.82) is 0 Å². The highest BCUT2D eigenvalue weighted by molar-refractivity contribution is 14.0. The maximum Gasteiger partial charge on any atom is 0.191 e. The lowest BCUT2D eigenvalue weighted by atomic mass is 10.0. The Balaban J connectivity index is 0.00000392. The van der Waals surface area contributed by atoms with E-state index in [0.29, 0.717) is 25.5 Å². The van der Waals surface area contributed by atoms with Crippen LogP contribution in [0.3, 0.4) is 0 Å². The van der Waals surface area contributed by atoms with Crippen molar-refractivity contribution in [2.24, 2.45) is 4.99 Å². The van der Waals surface area contributed by atoms with Gasteiger partial charge in [0.15, 0.2) is 5.96 Å². The van der Waals surface area contributed by atoms with E-state index < -0.39 is 9.84 Å². The summed E-state index contributed by atoms with van der Waals surface area (Å²) in [5.74, 6) is 1.75. The maximum atomic E-state index is 11.2. The Hall–Kier alpha value is -1.07. The van der Waals surface area contributed by atoms with Crippen molar-refractivity contribution in [3.05, 3.63) is 29.8 Å². The zero-order valence-corrected chi connectivity index (χ0v) is 20.1. The first-order valence-corrected chi connectivity index (χ1v) is 11.5. The van der Waals surface area contributed by atoms with E-state index in [4.69, 9.17) is 4.74 Å². The number of likely N-dealkylation sites (tertiary alicyclic amines) is 1. The normalized spacial score (nSPS) is 16.3. The highest BCUT2D eigenvalue weighted by Crippen LogP contribution is 2.31. The van der Waals surface area contributed by atoms with Crippen molar-refractivity contribution in [2.75, 3.05) is 52.3 Å². The highest BCUT2D eigenvalue weighted by atomic mass is 127. The van der Waals surface area contributed by atoms with Crippen molar-refractivity contribution in [3.8, 4) is 5.75 Å². The molecule has 1 heterocycles. The summed E-state index contributed by atoms with van der Waals surface area (Å²) in [7, 11) is 0.496. The number of nitrogens with one attached hydrogen (secondary N) is 2. The number of aliphatic imine (C=N–C) groups is 1. The van der Waals surface area contributed by atoms with Crippen LogP contribution in [0.25, 0.3) is 0 Å². The van der Waals surface area contributed by atoms with Crippen LogP contribution in [-0.4, -0.2) is 71.6 Å². The molecule has 1 unspecified atom stereocenters. The molecule has 1 fully saturated rings. The van der Waals surface area contributed by atoms with Crippen molar-refractivity contribution < 1.29 is 13.2 Å².